The van der Waals surface area contributed by atoms with E-state index in [1.165, 1.54) is 16.9 Å². The molecular weight excluding hydrogens is 354 g/mol. The largest absolute Gasteiger partial charge is 0.286 e. The van der Waals surface area contributed by atoms with Gasteiger partial charge in [0, 0.05) is 18.5 Å². The first-order valence-corrected chi connectivity index (χ1v) is 10.1. The first kappa shape index (κ1) is 19.2. The fourth-order valence-corrected chi connectivity index (χ4v) is 3.89. The maximum Gasteiger partial charge on any atom is 0.229 e. The lowest BCUT2D eigenvalue weighted by molar-refractivity contribution is -0.118. The molecule has 3 rings (SSSR count). The number of hydrogen-bond acceptors (Lipinski definition) is 4. The van der Waals surface area contributed by atoms with Crippen LogP contribution in [0.15, 0.2) is 54.6 Å². The van der Waals surface area contributed by atoms with Crippen LogP contribution in [-0.4, -0.2) is 22.6 Å². The number of carbonyl (C=O) groups is 1. The van der Waals surface area contributed by atoms with Gasteiger partial charge in [0.05, 0.1) is 0 Å². The minimum atomic E-state index is 0.0973. The molecule has 0 bridgehead atoms. The molecular formula is C22H25N3OS. The summed E-state index contributed by atoms with van der Waals surface area (Å²) in [6, 6.07) is 18.2. The fourth-order valence-electron chi connectivity index (χ4n) is 2.93. The van der Waals surface area contributed by atoms with Gasteiger partial charge in [0.15, 0.2) is 0 Å². The summed E-state index contributed by atoms with van der Waals surface area (Å²) < 4.78 is 0. The van der Waals surface area contributed by atoms with Crippen LogP contribution in [0.1, 0.15) is 31.4 Å². The predicted molar refractivity (Wildman–Crippen MR) is 112 cm³/mol. The van der Waals surface area contributed by atoms with E-state index in [4.69, 9.17) is 0 Å². The van der Waals surface area contributed by atoms with Crippen molar-refractivity contribution in [3.63, 3.8) is 0 Å². The zero-order valence-corrected chi connectivity index (χ0v) is 16.9. The number of aromatic nitrogens is 2. The van der Waals surface area contributed by atoms with E-state index in [-0.39, 0.29) is 5.91 Å². The molecule has 1 amide bonds. The summed E-state index contributed by atoms with van der Waals surface area (Å²) in [4.78, 5) is 14.7. The van der Waals surface area contributed by atoms with Crippen molar-refractivity contribution in [3.05, 3.63) is 65.7 Å². The smallest absolute Gasteiger partial charge is 0.229 e. The lowest BCUT2D eigenvalue weighted by Crippen LogP contribution is -2.34. The van der Waals surface area contributed by atoms with Crippen LogP contribution in [0.5, 0.6) is 0 Å². The standard InChI is InChI=1S/C22H25N3OS/c1-16(2)15-25(20(26)14-13-18-10-5-4-6-11-18)22-24-23-21(27-22)19-12-8-7-9-17(19)3/h4-12,16H,13-15H2,1-3H3. The van der Waals surface area contributed by atoms with Crippen LogP contribution >= 0.6 is 11.3 Å². The van der Waals surface area contributed by atoms with Crippen molar-refractivity contribution in [1.29, 1.82) is 0 Å². The van der Waals surface area contributed by atoms with Gasteiger partial charge in [-0.15, -0.1) is 10.2 Å². The van der Waals surface area contributed by atoms with Crippen molar-refractivity contribution >= 4 is 22.4 Å². The summed E-state index contributed by atoms with van der Waals surface area (Å²) >= 11 is 1.48. The second-order valence-electron chi connectivity index (χ2n) is 7.09. The Morgan fingerprint density at radius 1 is 1.04 bits per heavy atom. The highest BCUT2D eigenvalue weighted by Crippen LogP contribution is 2.31. The number of nitrogens with zero attached hydrogens (tertiary/aromatic N) is 3. The Kier molecular flexibility index (Phi) is 6.35. The van der Waals surface area contributed by atoms with Gasteiger partial charge in [-0.2, -0.15) is 0 Å². The predicted octanol–water partition coefficient (Wildman–Crippen LogP) is 5.14. The number of carbonyl (C=O) groups excluding carboxylic acids is 1. The summed E-state index contributed by atoms with van der Waals surface area (Å²) in [5, 5.41) is 10.2. The average molecular weight is 380 g/mol. The molecule has 0 unspecified atom stereocenters. The Morgan fingerprint density at radius 2 is 1.74 bits per heavy atom. The van der Waals surface area contributed by atoms with Gasteiger partial charge in [-0.1, -0.05) is 79.8 Å². The van der Waals surface area contributed by atoms with Gasteiger partial charge in [0.2, 0.25) is 11.0 Å². The van der Waals surface area contributed by atoms with Crippen LogP contribution in [-0.2, 0) is 11.2 Å². The van der Waals surface area contributed by atoms with Gasteiger partial charge >= 0.3 is 0 Å². The van der Waals surface area contributed by atoms with E-state index in [2.05, 4.69) is 49.2 Å². The van der Waals surface area contributed by atoms with E-state index in [1.54, 1.807) is 4.90 Å². The van der Waals surface area contributed by atoms with Crippen molar-refractivity contribution in [2.45, 2.75) is 33.6 Å². The second kappa shape index (κ2) is 8.91. The molecule has 0 atom stereocenters. The van der Waals surface area contributed by atoms with Crippen LogP contribution < -0.4 is 4.90 Å². The molecule has 0 aliphatic heterocycles. The summed E-state index contributed by atoms with van der Waals surface area (Å²) in [5.41, 5.74) is 3.40. The molecule has 0 aliphatic rings. The summed E-state index contributed by atoms with van der Waals surface area (Å²) in [6.07, 6.45) is 1.20. The van der Waals surface area contributed by atoms with E-state index < -0.39 is 0 Å². The minimum absolute atomic E-state index is 0.0973. The van der Waals surface area contributed by atoms with Crippen LogP contribution in [0.3, 0.4) is 0 Å². The van der Waals surface area contributed by atoms with Crippen LogP contribution in [0.2, 0.25) is 0 Å². The van der Waals surface area contributed by atoms with E-state index in [9.17, 15) is 4.79 Å². The zero-order chi connectivity index (χ0) is 19.2. The quantitative estimate of drug-likeness (QED) is 0.571. The fraction of sp³-hybridized carbons (Fsp3) is 0.318. The topological polar surface area (TPSA) is 46.1 Å². The van der Waals surface area contributed by atoms with Gasteiger partial charge < -0.3 is 0 Å². The molecule has 0 saturated carbocycles. The molecule has 27 heavy (non-hydrogen) atoms. The molecule has 140 valence electrons. The van der Waals surface area contributed by atoms with Crippen molar-refractivity contribution < 1.29 is 4.79 Å². The number of hydrogen-bond donors (Lipinski definition) is 0. The molecule has 0 N–H and O–H groups in total. The first-order chi connectivity index (χ1) is 13.0. The minimum Gasteiger partial charge on any atom is -0.286 e. The highest BCUT2D eigenvalue weighted by molar-refractivity contribution is 7.18. The summed E-state index contributed by atoms with van der Waals surface area (Å²) in [7, 11) is 0. The third-order valence-electron chi connectivity index (χ3n) is 4.34. The number of anilines is 1. The Hall–Kier alpha value is -2.53. The molecule has 1 heterocycles. The van der Waals surface area contributed by atoms with E-state index in [0.29, 0.717) is 24.0 Å². The summed E-state index contributed by atoms with van der Waals surface area (Å²) in [5.74, 6) is 0.455. The molecule has 0 fully saturated rings. The Morgan fingerprint density at radius 3 is 2.44 bits per heavy atom. The molecule has 1 aromatic heterocycles. The van der Waals surface area contributed by atoms with E-state index >= 15 is 0 Å². The lowest BCUT2D eigenvalue weighted by atomic mass is 10.1. The molecule has 5 heteroatoms. The Labute approximate surface area is 164 Å². The Bertz CT molecular complexity index is 889. The maximum absolute atomic E-state index is 12.9. The molecule has 4 nitrogen and oxygen atoms in total. The van der Waals surface area contributed by atoms with Gasteiger partial charge in [-0.25, -0.2) is 0 Å². The number of benzene rings is 2. The van der Waals surface area contributed by atoms with Gasteiger partial charge in [0.25, 0.3) is 0 Å². The van der Waals surface area contributed by atoms with Gasteiger partial charge in [-0.3, -0.25) is 9.69 Å². The normalized spacial score (nSPS) is 11.0. The average Bonchev–Trinajstić information content (AvgIpc) is 3.15. The van der Waals surface area contributed by atoms with Crippen molar-refractivity contribution in [3.8, 4) is 10.6 Å². The second-order valence-corrected chi connectivity index (χ2v) is 8.04. The van der Waals surface area contributed by atoms with Crippen molar-refractivity contribution in [2.24, 2.45) is 5.92 Å². The SMILES string of the molecule is Cc1ccccc1-c1nnc(N(CC(C)C)C(=O)CCc2ccccc2)s1. The van der Waals surface area contributed by atoms with E-state index in [0.717, 1.165) is 22.6 Å². The molecule has 0 radical (unpaired) electrons. The highest BCUT2D eigenvalue weighted by atomic mass is 32.1. The zero-order valence-electron chi connectivity index (χ0n) is 16.1. The first-order valence-electron chi connectivity index (χ1n) is 9.28. The molecule has 0 aliphatic carbocycles. The van der Waals surface area contributed by atoms with Crippen LogP contribution in [0.25, 0.3) is 10.6 Å². The van der Waals surface area contributed by atoms with Gasteiger partial charge in [-0.05, 0) is 30.4 Å². The molecule has 0 saturated heterocycles. The third-order valence-corrected chi connectivity index (χ3v) is 5.32. The third kappa shape index (κ3) is 5.01. The summed E-state index contributed by atoms with van der Waals surface area (Å²) in [6.45, 7) is 6.94. The lowest BCUT2D eigenvalue weighted by Gasteiger charge is -2.21. The van der Waals surface area contributed by atoms with Crippen LogP contribution in [0, 0.1) is 12.8 Å². The van der Waals surface area contributed by atoms with Gasteiger partial charge in [0.1, 0.15) is 5.01 Å². The van der Waals surface area contributed by atoms with E-state index in [1.807, 2.05) is 36.4 Å². The Balaban J connectivity index is 1.78. The number of rotatable bonds is 7. The number of amides is 1. The van der Waals surface area contributed by atoms with Crippen LogP contribution in [0.4, 0.5) is 5.13 Å². The number of aryl methyl sites for hydroxylation is 2. The van der Waals surface area contributed by atoms with Crippen molar-refractivity contribution in [1.82, 2.24) is 10.2 Å². The monoisotopic (exact) mass is 379 g/mol. The van der Waals surface area contributed by atoms with Crippen molar-refractivity contribution in [2.75, 3.05) is 11.4 Å². The highest BCUT2D eigenvalue weighted by Gasteiger charge is 2.21. The molecule has 3 aromatic rings. The molecule has 2 aromatic carbocycles. The molecule has 0 spiro atoms. The maximum atomic E-state index is 12.9.